The van der Waals surface area contributed by atoms with Crippen molar-refractivity contribution in [3.8, 4) is 17.6 Å². The van der Waals surface area contributed by atoms with E-state index in [4.69, 9.17) is 9.47 Å². The van der Waals surface area contributed by atoms with Crippen molar-refractivity contribution in [2.24, 2.45) is 0 Å². The molecule has 0 aliphatic rings. The van der Waals surface area contributed by atoms with Crippen LogP contribution in [0.1, 0.15) is 5.56 Å². The van der Waals surface area contributed by atoms with Gasteiger partial charge in [-0.1, -0.05) is 0 Å². The van der Waals surface area contributed by atoms with E-state index in [2.05, 4.69) is 9.97 Å². The summed E-state index contributed by atoms with van der Waals surface area (Å²) in [4.78, 5) is 7.92. The minimum atomic E-state index is -0.274. The normalized spacial score (nSPS) is 10.1. The summed E-state index contributed by atoms with van der Waals surface area (Å²) in [5.74, 6) is 0.620. The standard InChI is InChI=1S/C12H11FN2O2/c1-8-7-9(3-4-10(8)13)17-12-14-6-5-11(15-12)16-2/h3-7H,1-2H3. The highest BCUT2D eigenvalue weighted by Gasteiger charge is 2.04. The summed E-state index contributed by atoms with van der Waals surface area (Å²) in [5, 5.41) is 0. The zero-order chi connectivity index (χ0) is 12.3. The SMILES string of the molecule is COc1ccnc(Oc2ccc(F)c(C)c2)n1. The number of rotatable bonds is 3. The maximum Gasteiger partial charge on any atom is 0.325 e. The molecule has 0 spiro atoms. The van der Waals surface area contributed by atoms with Crippen molar-refractivity contribution >= 4 is 0 Å². The molecule has 0 saturated carbocycles. The van der Waals surface area contributed by atoms with Crippen LogP contribution in [0, 0.1) is 12.7 Å². The number of hydrogen-bond donors (Lipinski definition) is 0. The van der Waals surface area contributed by atoms with Gasteiger partial charge in [0.25, 0.3) is 0 Å². The lowest BCUT2D eigenvalue weighted by Gasteiger charge is -2.05. The van der Waals surface area contributed by atoms with Gasteiger partial charge in [0.05, 0.1) is 7.11 Å². The molecule has 0 aliphatic heterocycles. The quantitative estimate of drug-likeness (QED) is 0.819. The molecule has 17 heavy (non-hydrogen) atoms. The molecule has 0 atom stereocenters. The smallest absolute Gasteiger partial charge is 0.325 e. The number of ether oxygens (including phenoxy) is 2. The number of halogens is 1. The average molecular weight is 234 g/mol. The fraction of sp³-hybridized carbons (Fsp3) is 0.167. The molecule has 0 unspecified atom stereocenters. The van der Waals surface area contributed by atoms with E-state index in [1.807, 2.05) is 0 Å². The summed E-state index contributed by atoms with van der Waals surface area (Å²) < 4.78 is 23.4. The molecule has 0 saturated heterocycles. The van der Waals surface area contributed by atoms with Crippen molar-refractivity contribution in [2.75, 3.05) is 7.11 Å². The Hall–Kier alpha value is -2.17. The van der Waals surface area contributed by atoms with E-state index in [0.717, 1.165) is 0 Å². The topological polar surface area (TPSA) is 44.2 Å². The summed E-state index contributed by atoms with van der Waals surface area (Å²) in [5.41, 5.74) is 0.505. The predicted octanol–water partition coefficient (Wildman–Crippen LogP) is 2.73. The Morgan fingerprint density at radius 3 is 2.76 bits per heavy atom. The molecule has 2 rings (SSSR count). The highest BCUT2D eigenvalue weighted by atomic mass is 19.1. The summed E-state index contributed by atoms with van der Waals surface area (Å²) in [7, 11) is 1.51. The van der Waals surface area contributed by atoms with Gasteiger partial charge in [-0.25, -0.2) is 9.37 Å². The Morgan fingerprint density at radius 2 is 2.06 bits per heavy atom. The Morgan fingerprint density at radius 1 is 1.24 bits per heavy atom. The van der Waals surface area contributed by atoms with Gasteiger partial charge >= 0.3 is 6.01 Å². The molecular formula is C12H11FN2O2. The highest BCUT2D eigenvalue weighted by Crippen LogP contribution is 2.21. The van der Waals surface area contributed by atoms with Gasteiger partial charge in [-0.05, 0) is 30.7 Å². The molecule has 0 amide bonds. The predicted molar refractivity (Wildman–Crippen MR) is 59.8 cm³/mol. The lowest BCUT2D eigenvalue weighted by Crippen LogP contribution is -1.94. The van der Waals surface area contributed by atoms with Gasteiger partial charge in [-0.2, -0.15) is 4.98 Å². The second-order valence-corrected chi connectivity index (χ2v) is 3.39. The maximum absolute atomic E-state index is 13.0. The Kier molecular flexibility index (Phi) is 3.18. The van der Waals surface area contributed by atoms with Crippen LogP contribution in [0.3, 0.4) is 0 Å². The van der Waals surface area contributed by atoms with E-state index in [9.17, 15) is 4.39 Å². The second-order valence-electron chi connectivity index (χ2n) is 3.39. The molecule has 1 aromatic heterocycles. The zero-order valence-corrected chi connectivity index (χ0v) is 9.48. The molecular weight excluding hydrogens is 223 g/mol. The third-order valence-electron chi connectivity index (χ3n) is 2.16. The molecule has 0 fully saturated rings. The number of nitrogens with zero attached hydrogens (tertiary/aromatic N) is 2. The maximum atomic E-state index is 13.0. The zero-order valence-electron chi connectivity index (χ0n) is 9.48. The molecule has 88 valence electrons. The Labute approximate surface area is 98.1 Å². The molecule has 0 N–H and O–H groups in total. The van der Waals surface area contributed by atoms with Crippen molar-refractivity contribution in [1.29, 1.82) is 0 Å². The van der Waals surface area contributed by atoms with Gasteiger partial charge in [0.2, 0.25) is 5.88 Å². The lowest BCUT2D eigenvalue weighted by atomic mass is 10.2. The first-order chi connectivity index (χ1) is 8.19. The van der Waals surface area contributed by atoms with Gasteiger partial charge < -0.3 is 9.47 Å². The van der Waals surface area contributed by atoms with E-state index in [0.29, 0.717) is 17.2 Å². The fourth-order valence-electron chi connectivity index (χ4n) is 1.27. The van der Waals surface area contributed by atoms with Gasteiger partial charge in [0.15, 0.2) is 0 Å². The van der Waals surface area contributed by atoms with Gasteiger partial charge in [0, 0.05) is 12.3 Å². The van der Waals surface area contributed by atoms with Crippen LogP contribution in [0.2, 0.25) is 0 Å². The van der Waals surface area contributed by atoms with Crippen molar-refractivity contribution < 1.29 is 13.9 Å². The van der Waals surface area contributed by atoms with Crippen LogP contribution in [0.4, 0.5) is 4.39 Å². The third-order valence-corrected chi connectivity index (χ3v) is 2.16. The van der Waals surface area contributed by atoms with Crippen LogP contribution in [-0.4, -0.2) is 17.1 Å². The first-order valence-corrected chi connectivity index (χ1v) is 5.00. The van der Waals surface area contributed by atoms with E-state index in [1.165, 1.54) is 25.4 Å². The average Bonchev–Trinajstić information content (AvgIpc) is 2.34. The molecule has 0 aliphatic carbocycles. The molecule has 0 bridgehead atoms. The van der Waals surface area contributed by atoms with Crippen LogP contribution < -0.4 is 9.47 Å². The molecule has 1 aromatic carbocycles. The first kappa shape index (κ1) is 11.3. The van der Waals surface area contributed by atoms with Crippen LogP contribution in [0.25, 0.3) is 0 Å². The number of hydrogen-bond acceptors (Lipinski definition) is 4. The minimum absolute atomic E-state index is 0.162. The number of aryl methyl sites for hydroxylation is 1. The Balaban J connectivity index is 2.22. The minimum Gasteiger partial charge on any atom is -0.481 e. The number of methoxy groups -OCH3 is 1. The second kappa shape index (κ2) is 4.78. The van der Waals surface area contributed by atoms with Crippen molar-refractivity contribution in [1.82, 2.24) is 9.97 Å². The van der Waals surface area contributed by atoms with E-state index in [-0.39, 0.29) is 11.8 Å². The Bertz CT molecular complexity index is 532. The van der Waals surface area contributed by atoms with Gasteiger partial charge in [0.1, 0.15) is 11.6 Å². The van der Waals surface area contributed by atoms with Crippen LogP contribution in [-0.2, 0) is 0 Å². The summed E-state index contributed by atoms with van der Waals surface area (Å²) >= 11 is 0. The molecule has 2 aromatic rings. The molecule has 1 heterocycles. The van der Waals surface area contributed by atoms with Crippen molar-refractivity contribution in [3.05, 3.63) is 41.8 Å². The fourth-order valence-corrected chi connectivity index (χ4v) is 1.27. The first-order valence-electron chi connectivity index (χ1n) is 5.00. The third kappa shape index (κ3) is 2.69. The summed E-state index contributed by atoms with van der Waals surface area (Å²) in [6.45, 7) is 1.66. The van der Waals surface area contributed by atoms with Crippen molar-refractivity contribution in [2.45, 2.75) is 6.92 Å². The van der Waals surface area contributed by atoms with Crippen LogP contribution >= 0.6 is 0 Å². The molecule has 5 heteroatoms. The van der Waals surface area contributed by atoms with E-state index < -0.39 is 0 Å². The van der Waals surface area contributed by atoms with Gasteiger partial charge in [-0.3, -0.25) is 0 Å². The monoisotopic (exact) mass is 234 g/mol. The van der Waals surface area contributed by atoms with E-state index in [1.54, 1.807) is 19.1 Å². The van der Waals surface area contributed by atoms with Crippen molar-refractivity contribution in [3.63, 3.8) is 0 Å². The summed E-state index contributed by atoms with van der Waals surface area (Å²) in [6.07, 6.45) is 1.53. The number of aromatic nitrogens is 2. The number of benzene rings is 1. The largest absolute Gasteiger partial charge is 0.481 e. The van der Waals surface area contributed by atoms with Crippen LogP contribution in [0.15, 0.2) is 30.5 Å². The molecule has 4 nitrogen and oxygen atoms in total. The van der Waals surface area contributed by atoms with E-state index >= 15 is 0 Å². The molecule has 0 radical (unpaired) electrons. The van der Waals surface area contributed by atoms with Crippen LogP contribution in [0.5, 0.6) is 17.6 Å². The lowest BCUT2D eigenvalue weighted by molar-refractivity contribution is 0.376. The highest BCUT2D eigenvalue weighted by molar-refractivity contribution is 5.30. The van der Waals surface area contributed by atoms with Gasteiger partial charge in [-0.15, -0.1) is 0 Å². The summed E-state index contributed by atoms with van der Waals surface area (Å²) in [6, 6.07) is 6.21.